The highest BCUT2D eigenvalue weighted by Gasteiger charge is 2.12. The average Bonchev–Trinajstić information content (AvgIpc) is 2.49. The van der Waals surface area contributed by atoms with Gasteiger partial charge in [-0.2, -0.15) is 0 Å². The summed E-state index contributed by atoms with van der Waals surface area (Å²) in [4.78, 5) is 14.2. The van der Waals surface area contributed by atoms with Crippen molar-refractivity contribution in [3.8, 4) is 0 Å². The van der Waals surface area contributed by atoms with Gasteiger partial charge in [0.25, 0.3) is 0 Å². The van der Waals surface area contributed by atoms with Crippen LogP contribution in [0.25, 0.3) is 0 Å². The van der Waals surface area contributed by atoms with Crippen LogP contribution in [0.3, 0.4) is 0 Å². The molecule has 3 N–H and O–H groups in total. The van der Waals surface area contributed by atoms with E-state index in [-0.39, 0.29) is 5.91 Å². The van der Waals surface area contributed by atoms with Gasteiger partial charge in [0.2, 0.25) is 5.91 Å². The first-order valence-corrected chi connectivity index (χ1v) is 7.78. The van der Waals surface area contributed by atoms with Gasteiger partial charge in [-0.1, -0.05) is 30.3 Å². The van der Waals surface area contributed by atoms with E-state index in [1.165, 1.54) is 5.56 Å². The van der Waals surface area contributed by atoms with Crippen LogP contribution in [0.1, 0.15) is 32.3 Å². The average molecular weight is 291 g/mol. The smallest absolute Gasteiger partial charge is 0.236 e. The quantitative estimate of drug-likeness (QED) is 0.682. The monoisotopic (exact) mass is 291 g/mol. The Kier molecular flexibility index (Phi) is 8.01. The van der Waals surface area contributed by atoms with Crippen LogP contribution in [0.2, 0.25) is 0 Å². The number of amides is 1. The summed E-state index contributed by atoms with van der Waals surface area (Å²) in [6.07, 6.45) is 2.47. The topological polar surface area (TPSA) is 58.4 Å². The number of nitrogens with two attached hydrogens (primary N) is 1. The van der Waals surface area contributed by atoms with Crippen molar-refractivity contribution in [1.82, 2.24) is 10.2 Å². The van der Waals surface area contributed by atoms with Crippen molar-refractivity contribution in [1.29, 1.82) is 0 Å². The van der Waals surface area contributed by atoms with Gasteiger partial charge < -0.3 is 16.0 Å². The summed E-state index contributed by atoms with van der Waals surface area (Å²) >= 11 is 0. The van der Waals surface area contributed by atoms with E-state index in [0.29, 0.717) is 19.0 Å². The van der Waals surface area contributed by atoms with Crippen molar-refractivity contribution >= 4 is 5.91 Å². The molecule has 0 aromatic heterocycles. The van der Waals surface area contributed by atoms with Crippen molar-refractivity contribution < 1.29 is 4.79 Å². The summed E-state index contributed by atoms with van der Waals surface area (Å²) in [6.45, 7) is 6.00. The highest BCUT2D eigenvalue weighted by atomic mass is 16.2. The molecular weight excluding hydrogens is 262 g/mol. The molecule has 0 unspecified atom stereocenters. The molecule has 1 aromatic rings. The third-order valence-corrected chi connectivity index (χ3v) is 3.79. The number of benzene rings is 1. The number of rotatable bonds is 9. The van der Waals surface area contributed by atoms with E-state index in [1.54, 1.807) is 0 Å². The Bertz CT molecular complexity index is 406. The minimum absolute atomic E-state index is 0.0434. The van der Waals surface area contributed by atoms with Crippen LogP contribution < -0.4 is 11.1 Å². The van der Waals surface area contributed by atoms with Crippen LogP contribution in [0.5, 0.6) is 0 Å². The maximum absolute atomic E-state index is 11.9. The summed E-state index contributed by atoms with van der Waals surface area (Å²) in [7, 11) is 2.10. The lowest BCUT2D eigenvalue weighted by Gasteiger charge is -2.21. The molecule has 1 amide bonds. The first kappa shape index (κ1) is 17.7. The van der Waals surface area contributed by atoms with Crippen LogP contribution in [0.15, 0.2) is 30.3 Å². The molecule has 0 aliphatic carbocycles. The molecule has 1 aromatic carbocycles. The van der Waals surface area contributed by atoms with Crippen molar-refractivity contribution in [3.05, 3.63) is 35.9 Å². The molecule has 0 saturated heterocycles. The van der Waals surface area contributed by atoms with E-state index in [0.717, 1.165) is 19.4 Å². The largest absolute Gasteiger partial charge is 0.355 e. The summed E-state index contributed by atoms with van der Waals surface area (Å²) in [5.41, 5.74) is 7.15. The third-order valence-electron chi connectivity index (χ3n) is 3.79. The lowest BCUT2D eigenvalue weighted by atomic mass is 10.1. The second-order valence-electron chi connectivity index (χ2n) is 5.85. The van der Waals surface area contributed by atoms with E-state index >= 15 is 0 Å². The Labute approximate surface area is 128 Å². The van der Waals surface area contributed by atoms with Gasteiger partial charge in [0, 0.05) is 12.6 Å². The maximum atomic E-state index is 11.9. The molecule has 0 aliphatic rings. The number of hydrogen-bond donors (Lipinski definition) is 2. The van der Waals surface area contributed by atoms with E-state index in [4.69, 9.17) is 5.73 Å². The fourth-order valence-corrected chi connectivity index (χ4v) is 2.03. The van der Waals surface area contributed by atoms with Crippen LogP contribution in [0, 0.1) is 0 Å². The van der Waals surface area contributed by atoms with Crippen LogP contribution in [-0.4, -0.2) is 43.0 Å². The SMILES string of the molecule is CC(C)N(C)CCCNC(=O)[C@@H](N)CCc1ccccc1. The molecule has 0 aliphatic heterocycles. The third kappa shape index (κ3) is 7.25. The zero-order valence-corrected chi connectivity index (χ0v) is 13.5. The molecule has 118 valence electrons. The molecule has 1 atom stereocenters. The molecular formula is C17H29N3O. The summed E-state index contributed by atoms with van der Waals surface area (Å²) in [5, 5.41) is 2.92. The van der Waals surface area contributed by atoms with Crippen molar-refractivity contribution in [3.63, 3.8) is 0 Å². The molecule has 0 heterocycles. The number of carbonyl (C=O) groups is 1. The second kappa shape index (κ2) is 9.53. The maximum Gasteiger partial charge on any atom is 0.236 e. The molecule has 4 heteroatoms. The molecule has 0 fully saturated rings. The summed E-state index contributed by atoms with van der Waals surface area (Å²) < 4.78 is 0. The summed E-state index contributed by atoms with van der Waals surface area (Å²) in [5.74, 6) is -0.0434. The van der Waals surface area contributed by atoms with Gasteiger partial charge in [-0.3, -0.25) is 4.79 Å². The van der Waals surface area contributed by atoms with E-state index in [2.05, 4.69) is 43.2 Å². The van der Waals surface area contributed by atoms with Gasteiger partial charge >= 0.3 is 0 Å². The predicted octanol–water partition coefficient (Wildman–Crippen LogP) is 1.79. The number of hydrogen-bond acceptors (Lipinski definition) is 3. The molecule has 21 heavy (non-hydrogen) atoms. The zero-order chi connectivity index (χ0) is 15.7. The first-order valence-electron chi connectivity index (χ1n) is 7.78. The zero-order valence-electron chi connectivity index (χ0n) is 13.5. The van der Waals surface area contributed by atoms with Crippen molar-refractivity contribution in [2.45, 2.75) is 45.2 Å². The van der Waals surface area contributed by atoms with Crippen LogP contribution in [-0.2, 0) is 11.2 Å². The van der Waals surface area contributed by atoms with Crippen molar-refractivity contribution in [2.75, 3.05) is 20.1 Å². The minimum atomic E-state index is -0.423. The lowest BCUT2D eigenvalue weighted by Crippen LogP contribution is -2.42. The van der Waals surface area contributed by atoms with E-state index in [9.17, 15) is 4.79 Å². The highest BCUT2D eigenvalue weighted by Crippen LogP contribution is 2.04. The highest BCUT2D eigenvalue weighted by molar-refractivity contribution is 5.81. The number of nitrogens with zero attached hydrogens (tertiary/aromatic N) is 1. The molecule has 0 bridgehead atoms. The Morgan fingerprint density at radius 3 is 2.57 bits per heavy atom. The van der Waals surface area contributed by atoms with Gasteiger partial charge in [0.15, 0.2) is 0 Å². The van der Waals surface area contributed by atoms with Gasteiger partial charge in [0.05, 0.1) is 6.04 Å². The minimum Gasteiger partial charge on any atom is -0.355 e. The second-order valence-corrected chi connectivity index (χ2v) is 5.85. The van der Waals surface area contributed by atoms with Gasteiger partial charge in [-0.15, -0.1) is 0 Å². The number of nitrogens with one attached hydrogen (secondary N) is 1. The molecule has 0 saturated carbocycles. The lowest BCUT2D eigenvalue weighted by molar-refractivity contribution is -0.122. The standard InChI is InChI=1S/C17H29N3O/c1-14(2)20(3)13-7-12-19-17(21)16(18)11-10-15-8-5-4-6-9-15/h4-6,8-9,14,16H,7,10-13,18H2,1-3H3,(H,19,21)/t16-/m0/s1. The fraction of sp³-hybridized carbons (Fsp3) is 0.588. The summed E-state index contributed by atoms with van der Waals surface area (Å²) in [6, 6.07) is 10.2. The van der Waals surface area contributed by atoms with E-state index < -0.39 is 6.04 Å². The Hall–Kier alpha value is -1.39. The predicted molar refractivity (Wildman–Crippen MR) is 88.1 cm³/mol. The fourth-order valence-electron chi connectivity index (χ4n) is 2.03. The molecule has 4 nitrogen and oxygen atoms in total. The van der Waals surface area contributed by atoms with E-state index in [1.807, 2.05) is 18.2 Å². The first-order chi connectivity index (χ1) is 10.0. The van der Waals surface area contributed by atoms with Crippen LogP contribution >= 0.6 is 0 Å². The van der Waals surface area contributed by atoms with Gasteiger partial charge in [-0.25, -0.2) is 0 Å². The van der Waals surface area contributed by atoms with Gasteiger partial charge in [0.1, 0.15) is 0 Å². The van der Waals surface area contributed by atoms with Crippen LogP contribution in [0.4, 0.5) is 0 Å². The van der Waals surface area contributed by atoms with Gasteiger partial charge in [-0.05, 0) is 52.3 Å². The molecule has 1 rings (SSSR count). The normalized spacial score (nSPS) is 12.7. The van der Waals surface area contributed by atoms with Crippen molar-refractivity contribution in [2.24, 2.45) is 5.73 Å². The Balaban J connectivity index is 2.16. The Morgan fingerprint density at radius 2 is 1.95 bits per heavy atom. The molecule has 0 spiro atoms. The number of carbonyl (C=O) groups excluding carboxylic acids is 1. The molecule has 0 radical (unpaired) electrons. The Morgan fingerprint density at radius 1 is 1.29 bits per heavy atom. The number of aryl methyl sites for hydroxylation is 1.